The van der Waals surface area contributed by atoms with Crippen molar-refractivity contribution in [1.29, 1.82) is 0 Å². The monoisotopic (exact) mass is 323 g/mol. The maximum Gasteiger partial charge on any atom is 0.416 e. The second-order valence-electron chi connectivity index (χ2n) is 5.74. The molecule has 1 nitrogen and oxygen atoms in total. The van der Waals surface area contributed by atoms with Crippen LogP contribution >= 0.6 is 11.6 Å². The lowest BCUT2D eigenvalue weighted by atomic mass is 9.75. The molecule has 1 aliphatic rings. The van der Waals surface area contributed by atoms with Crippen LogP contribution in [0.1, 0.15) is 37.7 Å². The molecular formula is C15H18ClF4N. The van der Waals surface area contributed by atoms with Gasteiger partial charge in [-0.25, -0.2) is 4.39 Å². The predicted octanol–water partition coefficient (Wildman–Crippen LogP) is 5.45. The van der Waals surface area contributed by atoms with E-state index in [2.05, 4.69) is 5.32 Å². The molecule has 1 saturated carbocycles. The van der Waals surface area contributed by atoms with Gasteiger partial charge >= 0.3 is 6.18 Å². The minimum absolute atomic E-state index is 0.0883. The van der Waals surface area contributed by atoms with Crippen LogP contribution in [-0.2, 0) is 6.18 Å². The van der Waals surface area contributed by atoms with Gasteiger partial charge in [-0.15, -0.1) is 11.6 Å². The lowest BCUT2D eigenvalue weighted by Crippen LogP contribution is -2.34. The lowest BCUT2D eigenvalue weighted by molar-refractivity contribution is -0.137. The van der Waals surface area contributed by atoms with E-state index in [0.717, 1.165) is 37.8 Å². The highest BCUT2D eigenvalue weighted by atomic mass is 35.5. The quantitative estimate of drug-likeness (QED) is 0.574. The van der Waals surface area contributed by atoms with Crippen molar-refractivity contribution in [3.63, 3.8) is 0 Å². The molecule has 0 heterocycles. The van der Waals surface area contributed by atoms with Gasteiger partial charge < -0.3 is 5.32 Å². The van der Waals surface area contributed by atoms with Gasteiger partial charge in [0.2, 0.25) is 0 Å². The number of anilines is 1. The van der Waals surface area contributed by atoms with Crippen LogP contribution in [0.25, 0.3) is 0 Å². The SMILES string of the molecule is Fc1cc(C(F)(F)F)ccc1NCC1(CCl)CCCCC1. The Bertz CT molecular complexity index is 481. The van der Waals surface area contributed by atoms with E-state index < -0.39 is 17.6 Å². The molecule has 0 radical (unpaired) electrons. The molecule has 1 aliphatic carbocycles. The Kier molecular flexibility index (Phi) is 5.02. The van der Waals surface area contributed by atoms with Gasteiger partial charge in [-0.05, 0) is 31.0 Å². The summed E-state index contributed by atoms with van der Waals surface area (Å²) >= 11 is 6.05. The van der Waals surface area contributed by atoms with Crippen LogP contribution in [-0.4, -0.2) is 12.4 Å². The summed E-state index contributed by atoms with van der Waals surface area (Å²) in [6.07, 6.45) is 0.749. The molecule has 118 valence electrons. The average Bonchev–Trinajstić information content (AvgIpc) is 2.46. The first-order valence-electron chi connectivity index (χ1n) is 7.03. The molecule has 0 unspecified atom stereocenters. The minimum Gasteiger partial charge on any atom is -0.382 e. The highest BCUT2D eigenvalue weighted by Crippen LogP contribution is 2.38. The maximum absolute atomic E-state index is 13.8. The Morgan fingerprint density at radius 2 is 1.81 bits per heavy atom. The summed E-state index contributed by atoms with van der Waals surface area (Å²) in [6.45, 7) is 0.485. The van der Waals surface area contributed by atoms with E-state index in [0.29, 0.717) is 18.5 Å². The van der Waals surface area contributed by atoms with Gasteiger partial charge in [0.15, 0.2) is 0 Å². The smallest absolute Gasteiger partial charge is 0.382 e. The highest BCUT2D eigenvalue weighted by Gasteiger charge is 2.33. The van der Waals surface area contributed by atoms with E-state index in [1.807, 2.05) is 0 Å². The highest BCUT2D eigenvalue weighted by molar-refractivity contribution is 6.18. The Balaban J connectivity index is 2.06. The molecule has 1 aromatic rings. The van der Waals surface area contributed by atoms with Crippen molar-refractivity contribution in [2.45, 2.75) is 38.3 Å². The van der Waals surface area contributed by atoms with Crippen LogP contribution in [0, 0.1) is 11.2 Å². The van der Waals surface area contributed by atoms with Crippen LogP contribution in [0.2, 0.25) is 0 Å². The molecule has 0 amide bonds. The number of benzene rings is 1. The van der Waals surface area contributed by atoms with Crippen molar-refractivity contribution < 1.29 is 17.6 Å². The number of halogens is 5. The molecule has 0 spiro atoms. The van der Waals surface area contributed by atoms with E-state index in [4.69, 9.17) is 11.6 Å². The molecule has 0 aliphatic heterocycles. The molecule has 0 atom stereocenters. The van der Waals surface area contributed by atoms with Gasteiger partial charge in [-0.1, -0.05) is 19.3 Å². The average molecular weight is 324 g/mol. The molecule has 0 aromatic heterocycles. The molecule has 1 fully saturated rings. The number of rotatable bonds is 4. The van der Waals surface area contributed by atoms with E-state index in [1.165, 1.54) is 6.42 Å². The van der Waals surface area contributed by atoms with Crippen molar-refractivity contribution in [2.24, 2.45) is 5.41 Å². The summed E-state index contributed by atoms with van der Waals surface area (Å²) in [5, 5.41) is 2.93. The number of alkyl halides is 4. The van der Waals surface area contributed by atoms with E-state index >= 15 is 0 Å². The summed E-state index contributed by atoms with van der Waals surface area (Å²) in [7, 11) is 0. The van der Waals surface area contributed by atoms with E-state index in [1.54, 1.807) is 0 Å². The zero-order valence-electron chi connectivity index (χ0n) is 11.6. The number of hydrogen-bond donors (Lipinski definition) is 1. The molecule has 1 N–H and O–H groups in total. The Hall–Kier alpha value is -0.970. The summed E-state index contributed by atoms with van der Waals surface area (Å²) in [5.41, 5.74) is -0.970. The zero-order chi connectivity index (χ0) is 15.5. The van der Waals surface area contributed by atoms with Crippen molar-refractivity contribution in [3.8, 4) is 0 Å². The van der Waals surface area contributed by atoms with Crippen LogP contribution in [0.4, 0.5) is 23.2 Å². The predicted molar refractivity (Wildman–Crippen MR) is 76.1 cm³/mol. The first-order valence-corrected chi connectivity index (χ1v) is 7.56. The summed E-state index contributed by atoms with van der Waals surface area (Å²) in [4.78, 5) is 0. The van der Waals surface area contributed by atoms with Crippen molar-refractivity contribution in [1.82, 2.24) is 0 Å². The second kappa shape index (κ2) is 6.42. The van der Waals surface area contributed by atoms with E-state index in [9.17, 15) is 17.6 Å². The van der Waals surface area contributed by atoms with Gasteiger partial charge in [0, 0.05) is 17.8 Å². The molecule has 0 saturated heterocycles. The van der Waals surface area contributed by atoms with Gasteiger partial charge in [0.05, 0.1) is 11.3 Å². The van der Waals surface area contributed by atoms with Gasteiger partial charge in [0.25, 0.3) is 0 Å². The van der Waals surface area contributed by atoms with Gasteiger partial charge in [-0.2, -0.15) is 13.2 Å². The first-order chi connectivity index (χ1) is 9.86. The third-order valence-corrected chi connectivity index (χ3v) is 4.71. The summed E-state index contributed by atoms with van der Waals surface area (Å²) < 4.78 is 51.2. The second-order valence-corrected chi connectivity index (χ2v) is 6.01. The Morgan fingerprint density at radius 1 is 1.14 bits per heavy atom. The number of hydrogen-bond acceptors (Lipinski definition) is 1. The fourth-order valence-corrected chi connectivity index (χ4v) is 3.14. The Labute approximate surface area is 126 Å². The molecule has 6 heteroatoms. The standard InChI is InChI=1S/C15H18ClF4N/c16-9-14(6-2-1-3-7-14)10-21-13-5-4-11(8-12(13)17)15(18,19)20/h4-5,8,21H,1-3,6-7,9-10H2. The van der Waals surface area contributed by atoms with Gasteiger partial charge in [0.1, 0.15) is 5.82 Å². The van der Waals surface area contributed by atoms with Crippen LogP contribution in [0.3, 0.4) is 0 Å². The molecule has 21 heavy (non-hydrogen) atoms. The normalized spacial score (nSPS) is 18.5. The van der Waals surface area contributed by atoms with Crippen LogP contribution in [0.5, 0.6) is 0 Å². The summed E-state index contributed by atoms with van der Waals surface area (Å²) in [5.74, 6) is -0.409. The maximum atomic E-state index is 13.8. The zero-order valence-corrected chi connectivity index (χ0v) is 12.3. The van der Waals surface area contributed by atoms with Crippen LogP contribution < -0.4 is 5.32 Å². The fraction of sp³-hybridized carbons (Fsp3) is 0.600. The molecule has 0 bridgehead atoms. The van der Waals surface area contributed by atoms with Gasteiger partial charge in [-0.3, -0.25) is 0 Å². The topological polar surface area (TPSA) is 12.0 Å². The van der Waals surface area contributed by atoms with Crippen molar-refractivity contribution in [2.75, 3.05) is 17.7 Å². The number of nitrogens with one attached hydrogen (secondary N) is 1. The third-order valence-electron chi connectivity index (χ3n) is 4.15. The largest absolute Gasteiger partial charge is 0.416 e. The van der Waals surface area contributed by atoms with Crippen molar-refractivity contribution >= 4 is 17.3 Å². The fourth-order valence-electron chi connectivity index (χ4n) is 2.78. The van der Waals surface area contributed by atoms with E-state index in [-0.39, 0.29) is 11.1 Å². The molecule has 2 rings (SSSR count). The molecule has 1 aromatic carbocycles. The van der Waals surface area contributed by atoms with Crippen molar-refractivity contribution in [3.05, 3.63) is 29.6 Å². The Morgan fingerprint density at radius 3 is 2.33 bits per heavy atom. The first kappa shape index (κ1) is 16.4. The third kappa shape index (κ3) is 4.02. The summed E-state index contributed by atoms with van der Waals surface area (Å²) in [6, 6.07) is 2.55. The minimum atomic E-state index is -4.53. The van der Waals surface area contributed by atoms with Crippen LogP contribution in [0.15, 0.2) is 18.2 Å². The molecular weight excluding hydrogens is 306 g/mol. The lowest BCUT2D eigenvalue weighted by Gasteiger charge is -2.36.